The average Bonchev–Trinajstić information content (AvgIpc) is 3.25. The molecule has 1 amide bonds. The van der Waals surface area contributed by atoms with Crippen molar-refractivity contribution in [1.82, 2.24) is 14.8 Å². The molecule has 0 radical (unpaired) electrons. The van der Waals surface area contributed by atoms with Gasteiger partial charge >= 0.3 is 0 Å². The van der Waals surface area contributed by atoms with E-state index in [9.17, 15) is 4.79 Å². The summed E-state index contributed by atoms with van der Waals surface area (Å²) in [6.45, 7) is 5.90. The molecule has 2 aromatic carbocycles. The highest BCUT2D eigenvalue weighted by atomic mass is 16.5. The maximum atomic E-state index is 13.5. The minimum atomic E-state index is -0.533. The number of aromatic nitrogens is 3. The van der Waals surface area contributed by atoms with Crippen LogP contribution in [0.3, 0.4) is 0 Å². The standard InChI is InChI=1S/C23H23N5O3/c1-4-13-31-18-11-7-5-9-16(18)21-20(15(2)26-23-24-14-25-28(21)23)22(29)27-17-10-6-8-12-19(17)30-3/h4-12,14,21H,1,13H2,2-3H3,(H,27,29)(H,24,25,26)/t21-/m0/s1. The maximum absolute atomic E-state index is 13.5. The molecule has 2 heterocycles. The summed E-state index contributed by atoms with van der Waals surface area (Å²) in [6, 6.07) is 14.3. The second kappa shape index (κ2) is 8.74. The lowest BCUT2D eigenvalue weighted by Crippen LogP contribution is -2.31. The quantitative estimate of drug-likeness (QED) is 0.569. The van der Waals surface area contributed by atoms with E-state index in [2.05, 4.69) is 27.3 Å². The van der Waals surface area contributed by atoms with E-state index >= 15 is 0 Å². The van der Waals surface area contributed by atoms with E-state index in [-0.39, 0.29) is 5.91 Å². The van der Waals surface area contributed by atoms with Gasteiger partial charge in [-0.05, 0) is 25.1 Å². The normalized spacial score (nSPS) is 15.0. The lowest BCUT2D eigenvalue weighted by molar-refractivity contribution is -0.113. The SMILES string of the molecule is C=CCOc1ccccc1[C@H]1C(C(=O)Nc2ccccc2OC)=C(C)Nc2ncnn21. The topological polar surface area (TPSA) is 90.3 Å². The number of carbonyl (C=O) groups is 1. The van der Waals surface area contributed by atoms with Gasteiger partial charge in [-0.2, -0.15) is 10.1 Å². The molecule has 0 aliphatic carbocycles. The highest BCUT2D eigenvalue weighted by Gasteiger charge is 2.35. The minimum absolute atomic E-state index is 0.279. The molecule has 1 atom stereocenters. The average molecular weight is 417 g/mol. The summed E-state index contributed by atoms with van der Waals surface area (Å²) >= 11 is 0. The van der Waals surface area contributed by atoms with E-state index in [1.54, 1.807) is 30.0 Å². The Hall–Kier alpha value is -4.07. The van der Waals surface area contributed by atoms with Crippen molar-refractivity contribution in [3.05, 3.63) is 84.3 Å². The van der Waals surface area contributed by atoms with Gasteiger partial charge in [0.05, 0.1) is 18.4 Å². The van der Waals surface area contributed by atoms with Crippen LogP contribution in [0.25, 0.3) is 0 Å². The number of nitrogens with zero attached hydrogens (tertiary/aromatic N) is 3. The van der Waals surface area contributed by atoms with Crippen LogP contribution in [-0.4, -0.2) is 34.4 Å². The second-order valence-corrected chi connectivity index (χ2v) is 6.89. The predicted molar refractivity (Wildman–Crippen MR) is 118 cm³/mol. The summed E-state index contributed by atoms with van der Waals surface area (Å²) in [5.74, 6) is 1.49. The third-order valence-corrected chi connectivity index (χ3v) is 4.96. The monoisotopic (exact) mass is 417 g/mol. The lowest BCUT2D eigenvalue weighted by atomic mass is 9.94. The molecule has 0 saturated heterocycles. The van der Waals surface area contributed by atoms with Gasteiger partial charge in [0.1, 0.15) is 30.5 Å². The first-order valence-corrected chi connectivity index (χ1v) is 9.78. The maximum Gasteiger partial charge on any atom is 0.255 e. The summed E-state index contributed by atoms with van der Waals surface area (Å²) in [7, 11) is 1.56. The molecule has 4 rings (SSSR count). The first-order valence-electron chi connectivity index (χ1n) is 9.78. The fourth-order valence-electron chi connectivity index (χ4n) is 3.60. The van der Waals surface area contributed by atoms with Crippen molar-refractivity contribution in [3.8, 4) is 11.5 Å². The molecule has 0 bridgehead atoms. The van der Waals surface area contributed by atoms with Gasteiger partial charge < -0.3 is 20.1 Å². The number of methoxy groups -OCH3 is 1. The zero-order chi connectivity index (χ0) is 21.8. The predicted octanol–water partition coefficient (Wildman–Crippen LogP) is 3.78. The minimum Gasteiger partial charge on any atom is -0.495 e. The Morgan fingerprint density at radius 1 is 1.23 bits per heavy atom. The van der Waals surface area contributed by atoms with Crippen LogP contribution in [0.15, 0.2) is 78.8 Å². The van der Waals surface area contributed by atoms with Crippen LogP contribution < -0.4 is 20.1 Å². The third-order valence-electron chi connectivity index (χ3n) is 4.96. The number of hydrogen-bond donors (Lipinski definition) is 2. The fraction of sp³-hybridized carbons (Fsp3) is 0.174. The van der Waals surface area contributed by atoms with Crippen molar-refractivity contribution >= 4 is 17.5 Å². The van der Waals surface area contributed by atoms with E-state index in [1.165, 1.54) is 6.33 Å². The van der Waals surface area contributed by atoms with Crippen molar-refractivity contribution in [3.63, 3.8) is 0 Å². The van der Waals surface area contributed by atoms with Gasteiger partial charge in [-0.15, -0.1) is 0 Å². The van der Waals surface area contributed by atoms with Gasteiger partial charge in [0.25, 0.3) is 5.91 Å². The van der Waals surface area contributed by atoms with Gasteiger partial charge in [0.2, 0.25) is 5.95 Å². The Morgan fingerprint density at radius 3 is 2.74 bits per heavy atom. The molecule has 8 nitrogen and oxygen atoms in total. The molecule has 8 heteroatoms. The number of allylic oxidation sites excluding steroid dienone is 1. The molecule has 1 aromatic heterocycles. The van der Waals surface area contributed by atoms with Crippen molar-refractivity contribution in [2.24, 2.45) is 0 Å². The Bertz CT molecular complexity index is 1150. The van der Waals surface area contributed by atoms with E-state index in [0.717, 1.165) is 5.56 Å². The van der Waals surface area contributed by atoms with Crippen LogP contribution in [0.2, 0.25) is 0 Å². The highest BCUT2D eigenvalue weighted by molar-refractivity contribution is 6.06. The first-order chi connectivity index (χ1) is 15.1. The Morgan fingerprint density at radius 2 is 1.97 bits per heavy atom. The number of hydrogen-bond acceptors (Lipinski definition) is 6. The number of nitrogens with one attached hydrogen (secondary N) is 2. The molecule has 31 heavy (non-hydrogen) atoms. The van der Waals surface area contributed by atoms with Crippen LogP contribution in [0.1, 0.15) is 18.5 Å². The van der Waals surface area contributed by atoms with Crippen LogP contribution in [-0.2, 0) is 4.79 Å². The first kappa shape index (κ1) is 20.2. The number of carbonyl (C=O) groups excluding carboxylic acids is 1. The van der Waals surface area contributed by atoms with E-state index in [4.69, 9.17) is 9.47 Å². The molecule has 0 spiro atoms. The van der Waals surface area contributed by atoms with Crippen molar-refractivity contribution < 1.29 is 14.3 Å². The zero-order valence-electron chi connectivity index (χ0n) is 17.3. The molecule has 0 fully saturated rings. The lowest BCUT2D eigenvalue weighted by Gasteiger charge is -2.29. The summed E-state index contributed by atoms with van der Waals surface area (Å²) in [5, 5.41) is 10.5. The fourth-order valence-corrected chi connectivity index (χ4v) is 3.60. The van der Waals surface area contributed by atoms with Gasteiger partial charge in [0.15, 0.2) is 0 Å². The van der Waals surface area contributed by atoms with Gasteiger partial charge in [-0.3, -0.25) is 4.79 Å². The number of benzene rings is 2. The molecule has 3 aromatic rings. The number of amides is 1. The van der Waals surface area contributed by atoms with Crippen LogP contribution in [0.4, 0.5) is 11.6 Å². The number of anilines is 2. The number of fused-ring (bicyclic) bond motifs is 1. The summed E-state index contributed by atoms with van der Waals surface area (Å²) in [6.07, 6.45) is 3.13. The highest BCUT2D eigenvalue weighted by Crippen LogP contribution is 2.39. The van der Waals surface area contributed by atoms with Gasteiger partial charge in [-0.1, -0.05) is 43.0 Å². The van der Waals surface area contributed by atoms with E-state index < -0.39 is 6.04 Å². The molecule has 2 N–H and O–H groups in total. The van der Waals surface area contributed by atoms with Crippen LogP contribution in [0.5, 0.6) is 11.5 Å². The van der Waals surface area contributed by atoms with E-state index in [0.29, 0.717) is 41.0 Å². The Balaban J connectivity index is 1.79. The molecule has 0 unspecified atom stereocenters. The van der Waals surface area contributed by atoms with Crippen molar-refractivity contribution in [1.29, 1.82) is 0 Å². The van der Waals surface area contributed by atoms with Gasteiger partial charge in [-0.25, -0.2) is 4.68 Å². The van der Waals surface area contributed by atoms with Crippen LogP contribution >= 0.6 is 0 Å². The molecule has 1 aliphatic rings. The second-order valence-electron chi connectivity index (χ2n) is 6.89. The molecule has 1 aliphatic heterocycles. The molecule has 158 valence electrons. The van der Waals surface area contributed by atoms with E-state index in [1.807, 2.05) is 43.3 Å². The third kappa shape index (κ3) is 3.87. The Labute approximate surface area is 180 Å². The zero-order valence-corrected chi connectivity index (χ0v) is 17.3. The largest absolute Gasteiger partial charge is 0.495 e. The van der Waals surface area contributed by atoms with Crippen molar-refractivity contribution in [2.75, 3.05) is 24.4 Å². The molecular weight excluding hydrogens is 394 g/mol. The molecule has 0 saturated carbocycles. The summed E-state index contributed by atoms with van der Waals surface area (Å²) in [5.41, 5.74) is 2.55. The number of ether oxygens (including phenoxy) is 2. The Kier molecular flexibility index (Phi) is 5.70. The number of rotatable bonds is 7. The smallest absolute Gasteiger partial charge is 0.255 e. The summed E-state index contributed by atoms with van der Waals surface area (Å²) in [4.78, 5) is 17.8. The van der Waals surface area contributed by atoms with Crippen molar-refractivity contribution in [2.45, 2.75) is 13.0 Å². The molecular formula is C23H23N5O3. The van der Waals surface area contributed by atoms with Gasteiger partial charge in [0, 0.05) is 11.3 Å². The summed E-state index contributed by atoms with van der Waals surface area (Å²) < 4.78 is 12.9. The van der Waals surface area contributed by atoms with Crippen LogP contribution in [0, 0.1) is 0 Å². The number of para-hydroxylation sites is 3.